The quantitative estimate of drug-likeness (QED) is 0.875. The van der Waals surface area contributed by atoms with Crippen LogP contribution in [0, 0.1) is 5.82 Å². The third-order valence-corrected chi connectivity index (χ3v) is 4.47. The van der Waals surface area contributed by atoms with E-state index in [1.807, 2.05) is 0 Å². The van der Waals surface area contributed by atoms with Crippen LogP contribution in [0.4, 0.5) is 10.1 Å². The molecule has 1 saturated heterocycles. The highest BCUT2D eigenvalue weighted by Crippen LogP contribution is 2.27. The Kier molecular flexibility index (Phi) is 5.67. The fraction of sp³-hybridized carbons (Fsp3) is 0.412. The van der Waals surface area contributed by atoms with Gasteiger partial charge in [0.2, 0.25) is 0 Å². The van der Waals surface area contributed by atoms with Gasteiger partial charge < -0.3 is 15.4 Å². The number of anilines is 1. The molecule has 0 atom stereocenters. The first-order chi connectivity index (χ1) is 12.0. The average Bonchev–Trinajstić information content (AvgIpc) is 2.60. The number of piperazine rings is 1. The Hall–Kier alpha value is -1.96. The molecular formula is C17H21ClFN5O. The lowest BCUT2D eigenvalue weighted by Crippen LogP contribution is -2.45. The molecule has 0 amide bonds. The van der Waals surface area contributed by atoms with Crippen LogP contribution < -0.4 is 10.5 Å². The van der Waals surface area contributed by atoms with Crippen molar-refractivity contribution in [3.63, 3.8) is 0 Å². The highest BCUT2D eigenvalue weighted by Gasteiger charge is 2.15. The fourth-order valence-corrected chi connectivity index (χ4v) is 2.85. The SMILES string of the molecule is CN1CCN(CCOc2nnc(-c3cc(Cl)ccc3F)cc2N)CC1. The van der Waals surface area contributed by atoms with Crippen molar-refractivity contribution in [2.75, 3.05) is 52.1 Å². The van der Waals surface area contributed by atoms with Gasteiger partial charge in [-0.05, 0) is 31.3 Å². The summed E-state index contributed by atoms with van der Waals surface area (Å²) >= 11 is 5.91. The third kappa shape index (κ3) is 4.56. The van der Waals surface area contributed by atoms with E-state index in [1.165, 1.54) is 18.2 Å². The molecule has 134 valence electrons. The van der Waals surface area contributed by atoms with Crippen molar-refractivity contribution in [2.24, 2.45) is 0 Å². The number of benzene rings is 1. The molecule has 1 fully saturated rings. The van der Waals surface area contributed by atoms with E-state index in [9.17, 15) is 4.39 Å². The summed E-state index contributed by atoms with van der Waals surface area (Å²) in [5, 5.41) is 8.42. The molecule has 0 saturated carbocycles. The van der Waals surface area contributed by atoms with E-state index in [0.717, 1.165) is 32.7 Å². The van der Waals surface area contributed by atoms with E-state index >= 15 is 0 Å². The van der Waals surface area contributed by atoms with Gasteiger partial charge in [0, 0.05) is 43.3 Å². The zero-order valence-corrected chi connectivity index (χ0v) is 14.8. The summed E-state index contributed by atoms with van der Waals surface area (Å²) in [6, 6.07) is 5.81. The van der Waals surface area contributed by atoms with Crippen LogP contribution in [0.25, 0.3) is 11.3 Å². The summed E-state index contributed by atoms with van der Waals surface area (Å²) in [6.45, 7) is 5.44. The van der Waals surface area contributed by atoms with Crippen LogP contribution in [-0.2, 0) is 0 Å². The molecule has 25 heavy (non-hydrogen) atoms. The van der Waals surface area contributed by atoms with E-state index in [2.05, 4.69) is 27.0 Å². The summed E-state index contributed by atoms with van der Waals surface area (Å²) in [4.78, 5) is 4.63. The number of nitrogens with two attached hydrogens (primary N) is 1. The van der Waals surface area contributed by atoms with Gasteiger partial charge in [-0.2, -0.15) is 0 Å². The smallest absolute Gasteiger partial charge is 0.256 e. The van der Waals surface area contributed by atoms with Crippen LogP contribution in [-0.4, -0.2) is 66.4 Å². The second kappa shape index (κ2) is 7.95. The highest BCUT2D eigenvalue weighted by molar-refractivity contribution is 6.30. The molecule has 2 aromatic rings. The molecule has 1 aromatic heterocycles. The van der Waals surface area contributed by atoms with Gasteiger partial charge >= 0.3 is 0 Å². The largest absolute Gasteiger partial charge is 0.474 e. The minimum Gasteiger partial charge on any atom is -0.474 e. The molecule has 0 aliphatic carbocycles. The van der Waals surface area contributed by atoms with Gasteiger partial charge in [-0.15, -0.1) is 10.2 Å². The lowest BCUT2D eigenvalue weighted by Gasteiger charge is -2.32. The molecule has 0 unspecified atom stereocenters. The van der Waals surface area contributed by atoms with Crippen LogP contribution in [0.15, 0.2) is 24.3 Å². The topological polar surface area (TPSA) is 67.5 Å². The van der Waals surface area contributed by atoms with E-state index < -0.39 is 5.82 Å². The normalized spacial score (nSPS) is 16.1. The zero-order valence-electron chi connectivity index (χ0n) is 14.1. The predicted octanol–water partition coefficient (Wildman–Crippen LogP) is 2.14. The van der Waals surface area contributed by atoms with Gasteiger partial charge in [0.25, 0.3) is 5.88 Å². The summed E-state index contributed by atoms with van der Waals surface area (Å²) in [5.74, 6) is -0.165. The maximum absolute atomic E-state index is 13.9. The number of ether oxygens (including phenoxy) is 1. The maximum atomic E-state index is 13.9. The number of hydrogen-bond acceptors (Lipinski definition) is 6. The molecule has 1 aromatic carbocycles. The highest BCUT2D eigenvalue weighted by atomic mass is 35.5. The van der Waals surface area contributed by atoms with Gasteiger partial charge in [0.05, 0.1) is 11.4 Å². The van der Waals surface area contributed by atoms with Crippen molar-refractivity contribution in [3.8, 4) is 17.1 Å². The zero-order chi connectivity index (χ0) is 17.8. The van der Waals surface area contributed by atoms with Crippen molar-refractivity contribution in [2.45, 2.75) is 0 Å². The van der Waals surface area contributed by atoms with Gasteiger partial charge in [-0.3, -0.25) is 4.90 Å². The first-order valence-electron chi connectivity index (χ1n) is 8.15. The van der Waals surface area contributed by atoms with E-state index in [0.29, 0.717) is 23.0 Å². The second-order valence-electron chi connectivity index (χ2n) is 6.11. The van der Waals surface area contributed by atoms with E-state index in [1.54, 1.807) is 6.07 Å². The monoisotopic (exact) mass is 365 g/mol. The Balaban J connectivity index is 1.61. The van der Waals surface area contributed by atoms with Crippen molar-refractivity contribution < 1.29 is 9.13 Å². The minimum atomic E-state index is -0.429. The molecule has 1 aliphatic rings. The van der Waals surface area contributed by atoms with Crippen molar-refractivity contribution >= 4 is 17.3 Å². The summed E-state index contributed by atoms with van der Waals surface area (Å²) in [5.41, 5.74) is 6.89. The minimum absolute atomic E-state index is 0.260. The molecular weight excluding hydrogens is 345 g/mol. The number of halogens is 2. The average molecular weight is 366 g/mol. The Morgan fingerprint density at radius 3 is 2.68 bits per heavy atom. The Morgan fingerprint density at radius 1 is 1.20 bits per heavy atom. The molecule has 6 nitrogen and oxygen atoms in total. The third-order valence-electron chi connectivity index (χ3n) is 4.23. The molecule has 2 N–H and O–H groups in total. The van der Waals surface area contributed by atoms with Crippen LogP contribution in [0.5, 0.6) is 5.88 Å². The van der Waals surface area contributed by atoms with Crippen molar-refractivity contribution in [1.82, 2.24) is 20.0 Å². The molecule has 0 bridgehead atoms. The first kappa shape index (κ1) is 17.8. The Bertz CT molecular complexity index is 737. The van der Waals surface area contributed by atoms with Gasteiger partial charge in [0.15, 0.2) is 0 Å². The number of nitrogens with zero attached hydrogens (tertiary/aromatic N) is 4. The molecule has 2 heterocycles. The molecule has 8 heteroatoms. The molecule has 0 spiro atoms. The fourth-order valence-electron chi connectivity index (χ4n) is 2.68. The van der Waals surface area contributed by atoms with E-state index in [4.69, 9.17) is 22.1 Å². The lowest BCUT2D eigenvalue weighted by atomic mass is 10.1. The summed E-state index contributed by atoms with van der Waals surface area (Å²) in [6.07, 6.45) is 0. The van der Waals surface area contributed by atoms with E-state index in [-0.39, 0.29) is 11.4 Å². The van der Waals surface area contributed by atoms with Crippen LogP contribution in [0.2, 0.25) is 5.02 Å². The van der Waals surface area contributed by atoms with Gasteiger partial charge in [-0.25, -0.2) is 4.39 Å². The molecule has 0 radical (unpaired) electrons. The van der Waals surface area contributed by atoms with Crippen LogP contribution >= 0.6 is 11.6 Å². The lowest BCUT2D eigenvalue weighted by molar-refractivity contribution is 0.132. The van der Waals surface area contributed by atoms with Crippen molar-refractivity contribution in [1.29, 1.82) is 0 Å². The van der Waals surface area contributed by atoms with Gasteiger partial charge in [0.1, 0.15) is 12.4 Å². The second-order valence-corrected chi connectivity index (χ2v) is 6.54. The first-order valence-corrected chi connectivity index (χ1v) is 8.53. The Labute approximate surface area is 151 Å². The predicted molar refractivity (Wildman–Crippen MR) is 96.3 cm³/mol. The van der Waals surface area contributed by atoms with Crippen LogP contribution in [0.3, 0.4) is 0 Å². The summed E-state index contributed by atoms with van der Waals surface area (Å²) in [7, 11) is 2.12. The van der Waals surface area contributed by atoms with Crippen molar-refractivity contribution in [3.05, 3.63) is 35.1 Å². The number of hydrogen-bond donors (Lipinski definition) is 1. The molecule has 1 aliphatic heterocycles. The Morgan fingerprint density at radius 2 is 1.96 bits per heavy atom. The number of nitrogen functional groups attached to an aromatic ring is 1. The maximum Gasteiger partial charge on any atom is 0.256 e. The number of aromatic nitrogens is 2. The number of rotatable bonds is 5. The van der Waals surface area contributed by atoms with Gasteiger partial charge in [-0.1, -0.05) is 11.6 Å². The number of likely N-dealkylation sites (N-methyl/N-ethyl adjacent to an activating group) is 1. The van der Waals surface area contributed by atoms with Crippen LogP contribution in [0.1, 0.15) is 0 Å². The molecule has 3 rings (SSSR count). The summed E-state index contributed by atoms with van der Waals surface area (Å²) < 4.78 is 19.6. The standard InChI is InChI=1S/C17H21ClFN5O/c1-23-4-6-24(7-5-23)8-9-25-17-15(20)11-16(21-22-17)13-10-12(18)2-3-14(13)19/h2-3,10-11H,4-9H2,1H3,(H2,20,21).